The van der Waals surface area contributed by atoms with Gasteiger partial charge in [-0.05, 0) is 24.6 Å². The average Bonchev–Trinajstić information content (AvgIpc) is 2.84. The van der Waals surface area contributed by atoms with Crippen LogP contribution in [-0.4, -0.2) is 14.8 Å². The molecule has 2 heterocycles. The number of nitrogens with two attached hydrogens (primary N) is 1. The summed E-state index contributed by atoms with van der Waals surface area (Å²) in [6.45, 7) is 1.96. The van der Waals surface area contributed by atoms with Crippen LogP contribution in [0.15, 0.2) is 35.0 Å². The van der Waals surface area contributed by atoms with Crippen molar-refractivity contribution in [1.82, 2.24) is 14.8 Å². The van der Waals surface area contributed by atoms with Crippen LogP contribution in [0.25, 0.3) is 17.1 Å². The smallest absolute Gasteiger partial charge is 0.323 e. The summed E-state index contributed by atoms with van der Waals surface area (Å²) in [6.07, 6.45) is 3.60. The molecule has 5 heteroatoms. The van der Waals surface area contributed by atoms with Crippen molar-refractivity contribution in [2.75, 3.05) is 5.73 Å². The van der Waals surface area contributed by atoms with Crippen molar-refractivity contribution in [3.63, 3.8) is 0 Å². The average molecular weight is 214 g/mol. The van der Waals surface area contributed by atoms with Gasteiger partial charge in [0, 0.05) is 6.20 Å². The normalized spacial score (nSPS) is 11.1. The van der Waals surface area contributed by atoms with E-state index in [1.165, 1.54) is 0 Å². The fourth-order valence-electron chi connectivity index (χ4n) is 1.57. The van der Waals surface area contributed by atoms with Crippen LogP contribution >= 0.6 is 0 Å². The molecule has 0 amide bonds. The highest BCUT2D eigenvalue weighted by Gasteiger charge is 2.09. The van der Waals surface area contributed by atoms with Crippen LogP contribution < -0.4 is 5.73 Å². The maximum Gasteiger partial charge on any atom is 0.323 e. The predicted octanol–water partition coefficient (Wildman–Crippen LogP) is 1.90. The molecule has 0 aliphatic heterocycles. The van der Waals surface area contributed by atoms with Crippen LogP contribution in [0.2, 0.25) is 0 Å². The quantitative estimate of drug-likeness (QED) is 0.628. The van der Waals surface area contributed by atoms with E-state index < -0.39 is 0 Å². The number of oxazole rings is 1. The first-order chi connectivity index (χ1) is 7.74. The number of aryl methyl sites for hydroxylation is 1. The Kier molecular flexibility index (Phi) is 1.73. The number of anilines is 1. The molecule has 3 aromatic rings. The molecule has 0 saturated heterocycles. The van der Waals surface area contributed by atoms with Crippen molar-refractivity contribution in [2.45, 2.75) is 6.92 Å². The second kappa shape index (κ2) is 3.10. The minimum atomic E-state index is 0.431. The van der Waals surface area contributed by atoms with E-state index in [0.29, 0.717) is 22.8 Å². The second-order valence-electron chi connectivity index (χ2n) is 3.65. The number of para-hydroxylation sites is 1. The number of rotatable bonds is 1. The molecule has 3 rings (SSSR count). The van der Waals surface area contributed by atoms with E-state index in [-0.39, 0.29) is 0 Å². The zero-order chi connectivity index (χ0) is 11.1. The molecule has 5 nitrogen and oxygen atoms in total. The Balaban J connectivity index is 2.22. The van der Waals surface area contributed by atoms with Crippen molar-refractivity contribution < 1.29 is 4.42 Å². The van der Waals surface area contributed by atoms with Gasteiger partial charge in [0.05, 0.1) is 11.9 Å². The van der Waals surface area contributed by atoms with Crippen molar-refractivity contribution in [3.05, 3.63) is 36.2 Å². The predicted molar refractivity (Wildman–Crippen MR) is 60.3 cm³/mol. The molecule has 0 atom stereocenters. The Morgan fingerprint density at radius 3 is 2.94 bits per heavy atom. The zero-order valence-corrected chi connectivity index (χ0v) is 8.71. The third kappa shape index (κ3) is 1.25. The summed E-state index contributed by atoms with van der Waals surface area (Å²) < 4.78 is 7.15. The summed E-state index contributed by atoms with van der Waals surface area (Å²) in [5.74, 6) is 0. The molecule has 0 aliphatic rings. The first kappa shape index (κ1) is 8.96. The number of hydrogen-bond acceptors (Lipinski definition) is 4. The Hall–Kier alpha value is -2.30. The van der Waals surface area contributed by atoms with Gasteiger partial charge in [-0.2, -0.15) is 14.8 Å². The Bertz CT molecular complexity index is 653. The highest BCUT2D eigenvalue weighted by atomic mass is 16.4. The van der Waals surface area contributed by atoms with Crippen LogP contribution in [-0.2, 0) is 0 Å². The largest absolute Gasteiger partial charge is 0.422 e. The highest BCUT2D eigenvalue weighted by Crippen LogP contribution is 2.22. The topological polar surface area (TPSA) is 69.9 Å². The van der Waals surface area contributed by atoms with Crippen molar-refractivity contribution in [2.24, 2.45) is 0 Å². The Morgan fingerprint density at radius 2 is 2.25 bits per heavy atom. The van der Waals surface area contributed by atoms with E-state index in [1.54, 1.807) is 16.9 Å². The van der Waals surface area contributed by atoms with E-state index in [0.717, 1.165) is 5.56 Å². The van der Waals surface area contributed by atoms with Crippen LogP contribution in [0, 0.1) is 6.92 Å². The van der Waals surface area contributed by atoms with Crippen molar-refractivity contribution >= 4 is 16.8 Å². The molecule has 0 aliphatic carbocycles. The van der Waals surface area contributed by atoms with Gasteiger partial charge in [0.25, 0.3) is 0 Å². The van der Waals surface area contributed by atoms with E-state index in [4.69, 9.17) is 10.2 Å². The van der Waals surface area contributed by atoms with E-state index >= 15 is 0 Å². The standard InChI is InChI=1S/C11H10N4O/c1-7-5-13-15(6-7)11-14-10-8(12)3-2-4-9(10)16-11/h2-6H,12H2,1H3. The maximum atomic E-state index is 5.80. The molecule has 0 radical (unpaired) electrons. The van der Waals surface area contributed by atoms with Gasteiger partial charge in [0.2, 0.25) is 0 Å². The third-order valence-corrected chi connectivity index (χ3v) is 2.35. The van der Waals surface area contributed by atoms with Gasteiger partial charge in [-0.3, -0.25) is 0 Å². The van der Waals surface area contributed by atoms with E-state index in [9.17, 15) is 0 Å². The number of hydrogen-bond donors (Lipinski definition) is 1. The number of nitrogens with zero attached hydrogens (tertiary/aromatic N) is 3. The molecule has 2 aromatic heterocycles. The van der Waals surface area contributed by atoms with Crippen LogP contribution in [0.1, 0.15) is 5.56 Å². The first-order valence-electron chi connectivity index (χ1n) is 4.91. The fourth-order valence-corrected chi connectivity index (χ4v) is 1.57. The van der Waals surface area contributed by atoms with E-state index in [1.807, 2.05) is 25.3 Å². The second-order valence-corrected chi connectivity index (χ2v) is 3.65. The van der Waals surface area contributed by atoms with Gasteiger partial charge < -0.3 is 10.2 Å². The zero-order valence-electron chi connectivity index (χ0n) is 8.71. The number of benzene rings is 1. The lowest BCUT2D eigenvalue weighted by Gasteiger charge is -1.89. The lowest BCUT2D eigenvalue weighted by atomic mass is 10.3. The molecular weight excluding hydrogens is 204 g/mol. The molecule has 1 aromatic carbocycles. The Labute approximate surface area is 91.5 Å². The van der Waals surface area contributed by atoms with Gasteiger partial charge in [-0.15, -0.1) is 0 Å². The number of aromatic nitrogens is 3. The first-order valence-corrected chi connectivity index (χ1v) is 4.91. The Morgan fingerprint density at radius 1 is 1.38 bits per heavy atom. The maximum absolute atomic E-state index is 5.80. The molecular formula is C11H10N4O. The molecule has 2 N–H and O–H groups in total. The molecule has 0 bridgehead atoms. The van der Waals surface area contributed by atoms with Gasteiger partial charge in [0.15, 0.2) is 5.58 Å². The van der Waals surface area contributed by atoms with E-state index in [2.05, 4.69) is 10.1 Å². The molecule has 80 valence electrons. The molecule has 0 saturated carbocycles. The molecule has 0 spiro atoms. The minimum Gasteiger partial charge on any atom is -0.422 e. The fraction of sp³-hybridized carbons (Fsp3) is 0.0909. The SMILES string of the molecule is Cc1cnn(-c2nc3c(N)cccc3o2)c1. The molecule has 16 heavy (non-hydrogen) atoms. The summed E-state index contributed by atoms with van der Waals surface area (Å²) >= 11 is 0. The van der Waals surface area contributed by atoms with Gasteiger partial charge in [0.1, 0.15) is 5.52 Å². The lowest BCUT2D eigenvalue weighted by Crippen LogP contribution is -1.93. The summed E-state index contributed by atoms with van der Waals surface area (Å²) in [5.41, 5.74) is 8.80. The third-order valence-electron chi connectivity index (χ3n) is 2.35. The van der Waals surface area contributed by atoms with Crippen molar-refractivity contribution in [3.8, 4) is 6.01 Å². The highest BCUT2D eigenvalue weighted by molar-refractivity contribution is 5.85. The van der Waals surface area contributed by atoms with Crippen molar-refractivity contribution in [1.29, 1.82) is 0 Å². The lowest BCUT2D eigenvalue weighted by molar-refractivity contribution is 0.543. The molecule has 0 unspecified atom stereocenters. The van der Waals surface area contributed by atoms with Crippen LogP contribution in [0.3, 0.4) is 0 Å². The summed E-state index contributed by atoms with van der Waals surface area (Å²) in [5, 5.41) is 4.13. The monoisotopic (exact) mass is 214 g/mol. The molecule has 0 fully saturated rings. The number of fused-ring (bicyclic) bond motifs is 1. The van der Waals surface area contributed by atoms with Gasteiger partial charge in [-0.1, -0.05) is 6.07 Å². The summed E-state index contributed by atoms with van der Waals surface area (Å²) in [6, 6.07) is 5.89. The minimum absolute atomic E-state index is 0.431. The van der Waals surface area contributed by atoms with Crippen LogP contribution in [0.4, 0.5) is 5.69 Å². The van der Waals surface area contributed by atoms with Gasteiger partial charge in [-0.25, -0.2) is 0 Å². The summed E-state index contributed by atoms with van der Waals surface area (Å²) in [7, 11) is 0. The van der Waals surface area contributed by atoms with Crippen LogP contribution in [0.5, 0.6) is 0 Å². The summed E-state index contributed by atoms with van der Waals surface area (Å²) in [4.78, 5) is 4.30. The van der Waals surface area contributed by atoms with Gasteiger partial charge >= 0.3 is 6.01 Å². The number of nitrogen functional groups attached to an aromatic ring is 1.